The van der Waals surface area contributed by atoms with E-state index in [0.717, 1.165) is 5.56 Å². The number of rotatable bonds is 5. The van der Waals surface area contributed by atoms with Gasteiger partial charge in [0, 0.05) is 37.3 Å². The molecule has 4 rings (SSSR count). The number of hydrogen-bond donors (Lipinski definition) is 1. The highest BCUT2D eigenvalue weighted by Gasteiger charge is 2.51. The number of anilines is 1. The summed E-state index contributed by atoms with van der Waals surface area (Å²) in [6.45, 7) is 14.8. The summed E-state index contributed by atoms with van der Waals surface area (Å²) in [4.78, 5) is 38.9. The summed E-state index contributed by atoms with van der Waals surface area (Å²) in [7, 11) is 0. The van der Waals surface area contributed by atoms with E-state index in [2.05, 4.69) is 30.7 Å². The van der Waals surface area contributed by atoms with Gasteiger partial charge in [0.2, 0.25) is 5.92 Å². The largest absolute Gasteiger partial charge is 0.388 e. The van der Waals surface area contributed by atoms with Gasteiger partial charge in [0.25, 0.3) is 5.91 Å². The number of aromatic nitrogens is 2. The highest BCUT2D eigenvalue weighted by molar-refractivity contribution is 6.06. The van der Waals surface area contributed by atoms with Gasteiger partial charge in [0.15, 0.2) is 12.0 Å². The van der Waals surface area contributed by atoms with Crippen molar-refractivity contribution in [3.8, 4) is 6.19 Å². The van der Waals surface area contributed by atoms with Gasteiger partial charge >= 0.3 is 0 Å². The first-order valence-electron chi connectivity index (χ1n) is 14.8. The predicted molar refractivity (Wildman–Crippen MR) is 161 cm³/mol. The second-order valence-corrected chi connectivity index (χ2v) is 13.6. The number of Topliss-reactive ketones (excluding diaryl/α,β-unsaturated/α-hetero) is 1. The normalized spacial score (nSPS) is 23.4. The maximum Gasteiger partial charge on any atom is 0.251 e. The number of benzene rings is 1. The molecular formula is C33H45F2N5O3. The highest BCUT2D eigenvalue weighted by atomic mass is 19.3. The van der Waals surface area contributed by atoms with Crippen LogP contribution in [0.25, 0.3) is 0 Å². The lowest BCUT2D eigenvalue weighted by molar-refractivity contribution is -0.129. The average molecular weight is 598 g/mol. The summed E-state index contributed by atoms with van der Waals surface area (Å²) in [5, 5.41) is 20.3. The zero-order valence-electron chi connectivity index (χ0n) is 26.6. The molecule has 2 unspecified atom stereocenters. The Morgan fingerprint density at radius 2 is 1.65 bits per heavy atom. The molecule has 2 heterocycles. The first-order chi connectivity index (χ1) is 19.8. The number of aryl methyl sites for hydroxylation is 1. The zero-order chi connectivity index (χ0) is 32.4. The van der Waals surface area contributed by atoms with Crippen LogP contribution in [0.3, 0.4) is 0 Å². The van der Waals surface area contributed by atoms with E-state index < -0.39 is 29.0 Å². The third kappa shape index (κ3) is 7.74. The summed E-state index contributed by atoms with van der Waals surface area (Å²) in [5.41, 5.74) is -0.304. The molecule has 234 valence electrons. The number of halogens is 2. The molecule has 1 saturated carbocycles. The van der Waals surface area contributed by atoms with Crippen LogP contribution < -0.4 is 4.90 Å². The van der Waals surface area contributed by atoms with Crippen molar-refractivity contribution in [1.82, 2.24) is 14.9 Å². The van der Waals surface area contributed by atoms with Crippen molar-refractivity contribution in [1.29, 1.82) is 5.26 Å². The Kier molecular flexibility index (Phi) is 10.0. The van der Waals surface area contributed by atoms with Crippen LogP contribution in [0.1, 0.15) is 97.5 Å². The predicted octanol–water partition coefficient (Wildman–Crippen LogP) is 6.06. The second kappa shape index (κ2) is 12.7. The Hall–Kier alpha value is -3.45. The van der Waals surface area contributed by atoms with Crippen molar-refractivity contribution in [2.24, 2.45) is 5.92 Å². The van der Waals surface area contributed by atoms with Crippen LogP contribution in [0.5, 0.6) is 0 Å². The van der Waals surface area contributed by atoms with E-state index in [1.807, 2.05) is 37.4 Å². The van der Waals surface area contributed by atoms with Crippen molar-refractivity contribution in [3.63, 3.8) is 0 Å². The number of nitrogens with zero attached hydrogens (tertiary/aromatic N) is 5. The molecule has 2 aromatic rings. The molecule has 0 bridgehead atoms. The van der Waals surface area contributed by atoms with Gasteiger partial charge in [-0.05, 0) is 69.6 Å². The number of hydrogen-bond acceptors (Lipinski definition) is 7. The van der Waals surface area contributed by atoms with Crippen molar-refractivity contribution >= 4 is 17.4 Å². The van der Waals surface area contributed by atoms with Crippen molar-refractivity contribution in [2.45, 2.75) is 116 Å². The van der Waals surface area contributed by atoms with Crippen LogP contribution in [-0.4, -0.2) is 55.8 Å². The van der Waals surface area contributed by atoms with Crippen LogP contribution in [0.15, 0.2) is 36.7 Å². The molecule has 1 aromatic heterocycles. The molecule has 1 aliphatic heterocycles. The van der Waals surface area contributed by atoms with Gasteiger partial charge in [0.1, 0.15) is 11.6 Å². The van der Waals surface area contributed by atoms with E-state index in [4.69, 9.17) is 0 Å². The number of aliphatic hydroxyl groups is 1. The molecule has 1 aliphatic carbocycles. The second-order valence-electron chi connectivity index (χ2n) is 13.6. The van der Waals surface area contributed by atoms with Crippen LogP contribution in [0.4, 0.5) is 14.5 Å². The Bertz CT molecular complexity index is 1340. The number of carbonyl (C=O) groups is 2. The Balaban J connectivity index is 0.000000480. The summed E-state index contributed by atoms with van der Waals surface area (Å²) in [6, 6.07) is 6.58. The molecule has 2 fully saturated rings. The first kappa shape index (κ1) is 34.0. The molecule has 8 nitrogen and oxygen atoms in total. The number of carbonyl (C=O) groups excluding carboxylic acids is 2. The molecule has 1 aromatic carbocycles. The van der Waals surface area contributed by atoms with Crippen LogP contribution in [0, 0.1) is 24.3 Å². The molecular weight excluding hydrogens is 552 g/mol. The minimum absolute atomic E-state index is 0.0393. The third-order valence-electron chi connectivity index (χ3n) is 8.63. The van der Waals surface area contributed by atoms with Gasteiger partial charge in [-0.15, -0.1) is 0 Å². The SMILES string of the molecule is CC(=O)C(C)(c1nccnc1C)N(C(=O)C1C[C@@](C)(O)CN1C#N)c1ccc(C(C)(C)C)cc1.CC1CCC(F)(F)CC1. The van der Waals surface area contributed by atoms with Gasteiger partial charge < -0.3 is 5.11 Å². The van der Waals surface area contributed by atoms with Gasteiger partial charge in [0.05, 0.1) is 23.5 Å². The fourth-order valence-electron chi connectivity index (χ4n) is 5.76. The van der Waals surface area contributed by atoms with Crippen LogP contribution >= 0.6 is 0 Å². The fraction of sp³-hybridized carbons (Fsp3) is 0.606. The van der Waals surface area contributed by atoms with Crippen LogP contribution in [0.2, 0.25) is 0 Å². The summed E-state index contributed by atoms with van der Waals surface area (Å²) in [6.07, 6.45) is 6.75. The Morgan fingerprint density at radius 1 is 1.09 bits per heavy atom. The van der Waals surface area contributed by atoms with E-state index in [-0.39, 0.29) is 37.0 Å². The fourth-order valence-corrected chi connectivity index (χ4v) is 5.76. The molecule has 1 saturated heterocycles. The van der Waals surface area contributed by atoms with Gasteiger partial charge in [-0.1, -0.05) is 39.8 Å². The molecule has 10 heteroatoms. The van der Waals surface area contributed by atoms with Gasteiger partial charge in [-0.3, -0.25) is 29.4 Å². The molecule has 3 atom stereocenters. The maximum absolute atomic E-state index is 14.1. The monoisotopic (exact) mass is 597 g/mol. The number of nitriles is 1. The van der Waals surface area contributed by atoms with Crippen LogP contribution in [-0.2, 0) is 20.5 Å². The smallest absolute Gasteiger partial charge is 0.251 e. The number of β-amino-alcohol motifs (C(OH)–C–C–N with tert-alkyl or cyclic N) is 1. The topological polar surface area (TPSA) is 110 Å². The average Bonchev–Trinajstić information content (AvgIpc) is 3.25. The van der Waals surface area contributed by atoms with E-state index >= 15 is 0 Å². The van der Waals surface area contributed by atoms with E-state index in [0.29, 0.717) is 35.8 Å². The van der Waals surface area contributed by atoms with Crippen molar-refractivity contribution in [2.75, 3.05) is 11.4 Å². The van der Waals surface area contributed by atoms with E-state index in [9.17, 15) is 28.7 Å². The number of alkyl halides is 2. The Morgan fingerprint density at radius 3 is 2.12 bits per heavy atom. The summed E-state index contributed by atoms with van der Waals surface area (Å²) in [5.74, 6) is -2.57. The Labute approximate surface area is 254 Å². The zero-order valence-corrected chi connectivity index (χ0v) is 26.6. The lowest BCUT2D eigenvalue weighted by atomic mass is 9.85. The molecule has 1 amide bonds. The molecule has 43 heavy (non-hydrogen) atoms. The lowest BCUT2D eigenvalue weighted by Crippen LogP contribution is -2.57. The molecule has 0 radical (unpaired) electrons. The summed E-state index contributed by atoms with van der Waals surface area (Å²) >= 11 is 0. The van der Waals surface area contributed by atoms with Crippen molar-refractivity contribution < 1.29 is 23.5 Å². The number of ketones is 1. The quantitative estimate of drug-likeness (QED) is 0.417. The van der Waals surface area contributed by atoms with Gasteiger partial charge in [-0.2, -0.15) is 5.26 Å². The number of amides is 1. The van der Waals surface area contributed by atoms with Gasteiger partial charge in [-0.25, -0.2) is 8.78 Å². The molecule has 2 aliphatic rings. The molecule has 1 N–H and O–H groups in total. The summed E-state index contributed by atoms with van der Waals surface area (Å²) < 4.78 is 24.8. The standard InChI is InChI=1S/C26H33N5O3.C7H12F2/c1-17-22(29-13-12-28-17)26(7,18(2)32)31(20-10-8-19(9-11-20)24(3,4)5)23(33)21-14-25(6,34)15-30(21)16-27;1-6-2-4-7(8,9)5-3-6/h8-13,21,34H,14-15H2,1-7H3;6H,2-5H2,1H3/t21?,25-,26?;/m1./s1. The first-order valence-corrected chi connectivity index (χ1v) is 14.8. The lowest BCUT2D eigenvalue weighted by Gasteiger charge is -2.41. The maximum atomic E-state index is 14.1. The molecule has 0 spiro atoms. The van der Waals surface area contributed by atoms with Crippen molar-refractivity contribution in [3.05, 3.63) is 53.6 Å². The minimum atomic E-state index is -2.34. The highest BCUT2D eigenvalue weighted by Crippen LogP contribution is 2.39. The minimum Gasteiger partial charge on any atom is -0.388 e. The number of likely N-dealkylation sites (tertiary alicyclic amines) is 1. The third-order valence-corrected chi connectivity index (χ3v) is 8.63. The van der Waals surface area contributed by atoms with E-state index in [1.54, 1.807) is 20.8 Å². The van der Waals surface area contributed by atoms with E-state index in [1.165, 1.54) is 29.1 Å².